The van der Waals surface area contributed by atoms with E-state index in [0.717, 1.165) is 0 Å². The SMILES string of the molecule is COc1cc(C=NNC(=O)C(=O)Nc2ccc(Cl)c(Cl)c2)ccc1OC(=O)c1ccccc1. The smallest absolute Gasteiger partial charge is 0.343 e. The second kappa shape index (κ2) is 11.1. The van der Waals surface area contributed by atoms with Crippen LogP contribution in [0.25, 0.3) is 0 Å². The zero-order chi connectivity index (χ0) is 23.8. The Kier molecular flexibility index (Phi) is 8.01. The first kappa shape index (κ1) is 23.8. The molecule has 0 aromatic heterocycles. The number of esters is 1. The van der Waals surface area contributed by atoms with Gasteiger partial charge in [0.1, 0.15) is 0 Å². The van der Waals surface area contributed by atoms with Gasteiger partial charge in [-0.2, -0.15) is 5.10 Å². The summed E-state index contributed by atoms with van der Waals surface area (Å²) in [5, 5.41) is 6.69. The monoisotopic (exact) mass is 485 g/mol. The van der Waals surface area contributed by atoms with E-state index in [1.807, 2.05) is 0 Å². The van der Waals surface area contributed by atoms with Crippen molar-refractivity contribution in [2.45, 2.75) is 0 Å². The van der Waals surface area contributed by atoms with Crippen molar-refractivity contribution in [3.8, 4) is 11.5 Å². The van der Waals surface area contributed by atoms with Crippen molar-refractivity contribution < 1.29 is 23.9 Å². The summed E-state index contributed by atoms with van der Waals surface area (Å²) >= 11 is 11.7. The van der Waals surface area contributed by atoms with Gasteiger partial charge < -0.3 is 14.8 Å². The fraction of sp³-hybridized carbons (Fsp3) is 0.0435. The fourth-order valence-corrected chi connectivity index (χ4v) is 2.86. The standard InChI is InChI=1S/C23H17Cl2N3O5/c1-32-20-11-14(7-10-19(20)33-23(31)15-5-3-2-4-6-15)13-26-28-22(30)21(29)27-16-8-9-17(24)18(25)12-16/h2-13H,1H3,(H,27,29)(H,28,30). The van der Waals surface area contributed by atoms with E-state index in [1.165, 1.54) is 37.6 Å². The minimum absolute atomic E-state index is 0.216. The highest BCUT2D eigenvalue weighted by Crippen LogP contribution is 2.28. The third-order valence-corrected chi connectivity index (χ3v) is 4.90. The molecule has 33 heavy (non-hydrogen) atoms. The molecule has 0 saturated heterocycles. The number of carbonyl (C=O) groups excluding carboxylic acids is 3. The van der Waals surface area contributed by atoms with Crippen LogP contribution in [0.3, 0.4) is 0 Å². The molecule has 0 spiro atoms. The molecule has 0 saturated carbocycles. The summed E-state index contributed by atoms with van der Waals surface area (Å²) < 4.78 is 10.6. The lowest BCUT2D eigenvalue weighted by Crippen LogP contribution is -2.32. The number of nitrogens with one attached hydrogen (secondary N) is 2. The second-order valence-corrected chi connectivity index (χ2v) is 7.26. The summed E-state index contributed by atoms with van der Waals surface area (Å²) in [6.45, 7) is 0. The predicted molar refractivity (Wildman–Crippen MR) is 125 cm³/mol. The summed E-state index contributed by atoms with van der Waals surface area (Å²) in [5.74, 6) is -1.96. The van der Waals surface area contributed by atoms with Crippen LogP contribution < -0.4 is 20.2 Å². The summed E-state index contributed by atoms with van der Waals surface area (Å²) in [6, 6.07) is 17.6. The van der Waals surface area contributed by atoms with E-state index in [-0.39, 0.29) is 16.5 Å². The highest BCUT2D eigenvalue weighted by Gasteiger charge is 2.14. The minimum atomic E-state index is -0.988. The number of nitrogens with zero attached hydrogens (tertiary/aromatic N) is 1. The molecule has 3 aromatic rings. The maximum atomic E-state index is 12.2. The lowest BCUT2D eigenvalue weighted by atomic mass is 10.2. The van der Waals surface area contributed by atoms with Crippen molar-refractivity contribution in [2.75, 3.05) is 12.4 Å². The van der Waals surface area contributed by atoms with Gasteiger partial charge in [0.15, 0.2) is 11.5 Å². The molecule has 0 bridgehead atoms. The Bertz CT molecular complexity index is 1220. The van der Waals surface area contributed by atoms with Crippen molar-refractivity contribution in [1.29, 1.82) is 0 Å². The zero-order valence-corrected chi connectivity index (χ0v) is 18.7. The average Bonchev–Trinajstić information content (AvgIpc) is 2.82. The number of hydrogen-bond donors (Lipinski definition) is 2. The Labute approximate surface area is 199 Å². The minimum Gasteiger partial charge on any atom is -0.493 e. The van der Waals surface area contributed by atoms with E-state index in [1.54, 1.807) is 42.5 Å². The van der Waals surface area contributed by atoms with E-state index >= 15 is 0 Å². The second-order valence-electron chi connectivity index (χ2n) is 6.45. The van der Waals surface area contributed by atoms with Crippen LogP contribution in [0.5, 0.6) is 11.5 Å². The lowest BCUT2D eigenvalue weighted by Gasteiger charge is -2.10. The van der Waals surface area contributed by atoms with E-state index in [2.05, 4.69) is 15.8 Å². The van der Waals surface area contributed by atoms with Crippen LogP contribution >= 0.6 is 23.2 Å². The summed E-state index contributed by atoms with van der Waals surface area (Å²) in [4.78, 5) is 36.2. The van der Waals surface area contributed by atoms with Gasteiger partial charge in [0.25, 0.3) is 0 Å². The topological polar surface area (TPSA) is 106 Å². The van der Waals surface area contributed by atoms with Crippen LogP contribution in [0.2, 0.25) is 10.0 Å². The molecule has 3 aromatic carbocycles. The van der Waals surface area contributed by atoms with Crippen molar-refractivity contribution in [3.05, 3.63) is 87.9 Å². The summed E-state index contributed by atoms with van der Waals surface area (Å²) in [5.41, 5.74) is 3.34. The number of hydrogen-bond acceptors (Lipinski definition) is 6. The van der Waals surface area contributed by atoms with E-state index < -0.39 is 17.8 Å². The Hall–Kier alpha value is -3.88. The molecular weight excluding hydrogens is 469 g/mol. The molecule has 8 nitrogen and oxygen atoms in total. The molecule has 2 amide bonds. The molecule has 0 aliphatic carbocycles. The number of anilines is 1. The molecule has 10 heteroatoms. The normalized spacial score (nSPS) is 10.5. The molecule has 2 N–H and O–H groups in total. The lowest BCUT2D eigenvalue weighted by molar-refractivity contribution is -0.136. The van der Waals surface area contributed by atoms with Gasteiger partial charge in [-0.3, -0.25) is 9.59 Å². The Morgan fingerprint density at radius 3 is 2.33 bits per heavy atom. The van der Waals surface area contributed by atoms with Crippen LogP contribution in [-0.2, 0) is 9.59 Å². The summed E-state index contributed by atoms with van der Waals surface area (Å²) in [7, 11) is 1.42. The number of hydrazone groups is 1. The first-order chi connectivity index (χ1) is 15.9. The number of ether oxygens (including phenoxy) is 2. The molecule has 0 atom stereocenters. The highest BCUT2D eigenvalue weighted by atomic mass is 35.5. The molecule has 0 aliphatic rings. The van der Waals surface area contributed by atoms with E-state index in [0.29, 0.717) is 21.8 Å². The van der Waals surface area contributed by atoms with Crippen LogP contribution in [-0.4, -0.2) is 31.1 Å². The number of rotatable bonds is 6. The van der Waals surface area contributed by atoms with Gasteiger partial charge in [-0.15, -0.1) is 0 Å². The zero-order valence-electron chi connectivity index (χ0n) is 17.2. The van der Waals surface area contributed by atoms with Crippen molar-refractivity contribution in [3.63, 3.8) is 0 Å². The van der Waals surface area contributed by atoms with Crippen molar-refractivity contribution >= 4 is 52.9 Å². The first-order valence-corrected chi connectivity index (χ1v) is 10.2. The Balaban J connectivity index is 1.60. The number of methoxy groups -OCH3 is 1. The Morgan fingerprint density at radius 2 is 1.64 bits per heavy atom. The first-order valence-electron chi connectivity index (χ1n) is 9.42. The molecule has 3 rings (SSSR count). The average molecular weight is 486 g/mol. The molecule has 0 unspecified atom stereocenters. The number of carbonyl (C=O) groups is 3. The van der Waals surface area contributed by atoms with Crippen molar-refractivity contribution in [1.82, 2.24) is 5.43 Å². The maximum Gasteiger partial charge on any atom is 0.343 e. The van der Waals surface area contributed by atoms with Crippen molar-refractivity contribution in [2.24, 2.45) is 5.10 Å². The molecule has 0 heterocycles. The van der Waals surface area contributed by atoms with Crippen LogP contribution in [0.1, 0.15) is 15.9 Å². The molecular formula is C23H17Cl2N3O5. The Morgan fingerprint density at radius 1 is 0.879 bits per heavy atom. The van der Waals surface area contributed by atoms with E-state index in [4.69, 9.17) is 32.7 Å². The molecule has 168 valence electrons. The third-order valence-electron chi connectivity index (χ3n) is 4.16. The highest BCUT2D eigenvalue weighted by molar-refractivity contribution is 6.43. The quantitative estimate of drug-likeness (QED) is 0.178. The predicted octanol–water partition coefficient (Wildman–Crippen LogP) is 4.31. The molecule has 0 aliphatic heterocycles. The number of halogens is 2. The van der Waals surface area contributed by atoms with Crippen LogP contribution in [0.15, 0.2) is 71.8 Å². The van der Waals surface area contributed by atoms with Gasteiger partial charge in [0.05, 0.1) is 28.9 Å². The molecule has 0 radical (unpaired) electrons. The molecule has 0 fully saturated rings. The number of benzene rings is 3. The number of amides is 2. The van der Waals surface area contributed by atoms with Crippen LogP contribution in [0, 0.1) is 0 Å². The van der Waals surface area contributed by atoms with E-state index in [9.17, 15) is 14.4 Å². The fourth-order valence-electron chi connectivity index (χ4n) is 2.56. The van der Waals surface area contributed by atoms with Gasteiger partial charge >= 0.3 is 17.8 Å². The maximum absolute atomic E-state index is 12.2. The van der Waals surface area contributed by atoms with Gasteiger partial charge in [0, 0.05) is 5.69 Å². The van der Waals surface area contributed by atoms with Crippen LogP contribution in [0.4, 0.5) is 5.69 Å². The summed E-state index contributed by atoms with van der Waals surface area (Å²) in [6.07, 6.45) is 1.30. The largest absolute Gasteiger partial charge is 0.493 e. The van der Waals surface area contributed by atoms with Gasteiger partial charge in [-0.25, -0.2) is 10.2 Å². The van der Waals surface area contributed by atoms with Gasteiger partial charge in [0.2, 0.25) is 0 Å². The third kappa shape index (κ3) is 6.55. The van der Waals surface area contributed by atoms with Gasteiger partial charge in [-0.1, -0.05) is 41.4 Å². The van der Waals surface area contributed by atoms with Gasteiger partial charge in [-0.05, 0) is 54.1 Å².